The number of carbonyl (C=O) groups excluding carboxylic acids is 1. The van der Waals surface area contributed by atoms with Crippen molar-refractivity contribution in [3.8, 4) is 0 Å². The Kier molecular flexibility index (Phi) is 5.95. The van der Waals surface area contributed by atoms with Gasteiger partial charge in [-0.25, -0.2) is 0 Å². The molecule has 5 heteroatoms. The van der Waals surface area contributed by atoms with Crippen LogP contribution in [0.3, 0.4) is 0 Å². The van der Waals surface area contributed by atoms with Gasteiger partial charge in [0.2, 0.25) is 5.91 Å². The molecule has 0 aliphatic rings. The molecule has 1 aromatic carbocycles. The molecule has 0 spiro atoms. The topological polar surface area (TPSA) is 58.4 Å². The van der Waals surface area contributed by atoms with E-state index in [9.17, 15) is 4.79 Å². The van der Waals surface area contributed by atoms with Crippen molar-refractivity contribution >= 4 is 23.2 Å². The van der Waals surface area contributed by atoms with Crippen LogP contribution in [0.15, 0.2) is 18.2 Å². The van der Waals surface area contributed by atoms with Crippen LogP contribution in [0.5, 0.6) is 0 Å². The standard InChI is InChI=1S/C13H20ClN3O/c1-3-16-8-10-5-6-11(14)7-12(10)17(4-2)9-13(15)18/h5-7,16H,3-4,8-9H2,1-2H3,(H2,15,18). The van der Waals surface area contributed by atoms with Crippen LogP contribution in [0.1, 0.15) is 19.4 Å². The second-order valence-corrected chi connectivity index (χ2v) is 4.47. The highest BCUT2D eigenvalue weighted by Crippen LogP contribution is 2.24. The van der Waals surface area contributed by atoms with Gasteiger partial charge < -0.3 is 16.0 Å². The Bertz CT molecular complexity index is 409. The average Bonchev–Trinajstić information content (AvgIpc) is 2.34. The monoisotopic (exact) mass is 269 g/mol. The fraction of sp³-hybridized carbons (Fsp3) is 0.462. The van der Waals surface area contributed by atoms with E-state index in [0.717, 1.165) is 24.3 Å². The molecule has 1 aromatic rings. The molecule has 0 aliphatic heterocycles. The normalized spacial score (nSPS) is 10.4. The molecule has 0 atom stereocenters. The van der Waals surface area contributed by atoms with Gasteiger partial charge in [0.15, 0.2) is 0 Å². The number of nitrogens with two attached hydrogens (primary N) is 1. The zero-order chi connectivity index (χ0) is 13.5. The summed E-state index contributed by atoms with van der Waals surface area (Å²) in [6.45, 7) is 6.60. The summed E-state index contributed by atoms with van der Waals surface area (Å²) in [4.78, 5) is 13.0. The first-order valence-electron chi connectivity index (χ1n) is 6.10. The Morgan fingerprint density at radius 3 is 2.72 bits per heavy atom. The number of anilines is 1. The van der Waals surface area contributed by atoms with Gasteiger partial charge in [-0.1, -0.05) is 24.6 Å². The second kappa shape index (κ2) is 7.24. The zero-order valence-electron chi connectivity index (χ0n) is 10.9. The molecule has 3 N–H and O–H groups in total. The number of benzene rings is 1. The Morgan fingerprint density at radius 2 is 2.17 bits per heavy atom. The molecule has 0 saturated heterocycles. The maximum atomic E-state index is 11.1. The van der Waals surface area contributed by atoms with Gasteiger partial charge in [0.1, 0.15) is 0 Å². The molecule has 1 rings (SSSR count). The minimum atomic E-state index is -0.341. The molecular formula is C13H20ClN3O. The lowest BCUT2D eigenvalue weighted by atomic mass is 10.1. The Labute approximate surface area is 113 Å². The van der Waals surface area contributed by atoms with Crippen molar-refractivity contribution in [2.24, 2.45) is 5.73 Å². The van der Waals surface area contributed by atoms with Crippen molar-refractivity contribution in [2.75, 3.05) is 24.5 Å². The third kappa shape index (κ3) is 4.20. The first kappa shape index (κ1) is 14.8. The summed E-state index contributed by atoms with van der Waals surface area (Å²) in [5, 5.41) is 3.93. The number of hydrogen-bond acceptors (Lipinski definition) is 3. The van der Waals surface area contributed by atoms with Crippen molar-refractivity contribution in [2.45, 2.75) is 20.4 Å². The van der Waals surface area contributed by atoms with Gasteiger partial charge in [-0.15, -0.1) is 0 Å². The van der Waals surface area contributed by atoms with E-state index >= 15 is 0 Å². The Morgan fingerprint density at radius 1 is 1.44 bits per heavy atom. The highest BCUT2D eigenvalue weighted by Gasteiger charge is 2.12. The zero-order valence-corrected chi connectivity index (χ0v) is 11.6. The molecular weight excluding hydrogens is 250 g/mol. The molecule has 0 heterocycles. The van der Waals surface area contributed by atoms with Crippen LogP contribution in [0.2, 0.25) is 5.02 Å². The van der Waals surface area contributed by atoms with Gasteiger partial charge in [-0.3, -0.25) is 4.79 Å². The molecule has 1 amide bonds. The van der Waals surface area contributed by atoms with Gasteiger partial charge in [-0.2, -0.15) is 0 Å². The molecule has 0 aliphatic carbocycles. The highest BCUT2D eigenvalue weighted by molar-refractivity contribution is 6.30. The number of nitrogens with one attached hydrogen (secondary N) is 1. The van der Waals surface area contributed by atoms with E-state index in [1.165, 1.54) is 0 Å². The summed E-state index contributed by atoms with van der Waals surface area (Å²) < 4.78 is 0. The fourth-order valence-electron chi connectivity index (χ4n) is 1.80. The molecule has 0 unspecified atom stereocenters. The number of amides is 1. The Hall–Kier alpha value is -1.26. The van der Waals surface area contributed by atoms with Crippen LogP contribution in [0, 0.1) is 0 Å². The number of carbonyl (C=O) groups is 1. The van der Waals surface area contributed by atoms with Crippen molar-refractivity contribution in [3.05, 3.63) is 28.8 Å². The van der Waals surface area contributed by atoms with Crippen LogP contribution in [0.25, 0.3) is 0 Å². The van der Waals surface area contributed by atoms with Crippen molar-refractivity contribution in [3.63, 3.8) is 0 Å². The van der Waals surface area contributed by atoms with Gasteiger partial charge in [0, 0.05) is 23.8 Å². The summed E-state index contributed by atoms with van der Waals surface area (Å²) in [6, 6.07) is 5.71. The predicted molar refractivity (Wildman–Crippen MR) is 75.9 cm³/mol. The lowest BCUT2D eigenvalue weighted by Crippen LogP contribution is -2.34. The second-order valence-electron chi connectivity index (χ2n) is 4.03. The van der Waals surface area contributed by atoms with Crippen molar-refractivity contribution < 1.29 is 4.79 Å². The summed E-state index contributed by atoms with van der Waals surface area (Å²) >= 11 is 6.03. The van der Waals surface area contributed by atoms with E-state index in [2.05, 4.69) is 12.2 Å². The summed E-state index contributed by atoms with van der Waals surface area (Å²) in [5.41, 5.74) is 7.34. The number of halogens is 1. The number of nitrogens with zero attached hydrogens (tertiary/aromatic N) is 1. The minimum Gasteiger partial charge on any atom is -0.368 e. The molecule has 0 saturated carbocycles. The maximum Gasteiger partial charge on any atom is 0.236 e. The van der Waals surface area contributed by atoms with Crippen molar-refractivity contribution in [1.29, 1.82) is 0 Å². The van der Waals surface area contributed by atoms with Crippen LogP contribution in [-0.2, 0) is 11.3 Å². The predicted octanol–water partition coefficient (Wildman–Crippen LogP) is 1.76. The SMILES string of the molecule is CCNCc1ccc(Cl)cc1N(CC)CC(N)=O. The van der Waals surface area contributed by atoms with Gasteiger partial charge in [-0.05, 0) is 31.2 Å². The molecule has 18 heavy (non-hydrogen) atoms. The number of hydrogen-bond donors (Lipinski definition) is 2. The minimum absolute atomic E-state index is 0.204. The molecule has 0 radical (unpaired) electrons. The van der Waals surface area contributed by atoms with E-state index < -0.39 is 0 Å². The largest absolute Gasteiger partial charge is 0.368 e. The molecule has 100 valence electrons. The van der Waals surface area contributed by atoms with E-state index in [0.29, 0.717) is 11.6 Å². The lowest BCUT2D eigenvalue weighted by molar-refractivity contribution is -0.116. The lowest BCUT2D eigenvalue weighted by Gasteiger charge is -2.24. The smallest absolute Gasteiger partial charge is 0.236 e. The maximum absolute atomic E-state index is 11.1. The average molecular weight is 270 g/mol. The molecule has 0 fully saturated rings. The van der Waals surface area contributed by atoms with Gasteiger partial charge in [0.25, 0.3) is 0 Å². The third-order valence-corrected chi connectivity index (χ3v) is 2.92. The third-order valence-electron chi connectivity index (χ3n) is 2.68. The fourth-order valence-corrected chi connectivity index (χ4v) is 1.96. The van der Waals surface area contributed by atoms with Crippen LogP contribution in [-0.4, -0.2) is 25.5 Å². The number of primary amides is 1. The number of rotatable bonds is 7. The quantitative estimate of drug-likeness (QED) is 0.793. The summed E-state index contributed by atoms with van der Waals surface area (Å²) in [5.74, 6) is -0.341. The van der Waals surface area contributed by atoms with Crippen molar-refractivity contribution in [1.82, 2.24) is 5.32 Å². The van der Waals surface area contributed by atoms with Crippen LogP contribution < -0.4 is 16.0 Å². The number of likely N-dealkylation sites (N-methyl/N-ethyl adjacent to an activating group) is 1. The Balaban J connectivity index is 3.01. The van der Waals surface area contributed by atoms with E-state index in [4.69, 9.17) is 17.3 Å². The van der Waals surface area contributed by atoms with E-state index in [-0.39, 0.29) is 12.5 Å². The first-order chi connectivity index (χ1) is 8.58. The molecule has 0 bridgehead atoms. The molecule has 0 aromatic heterocycles. The van der Waals surface area contributed by atoms with Crippen LogP contribution in [0.4, 0.5) is 5.69 Å². The van der Waals surface area contributed by atoms with Crippen LogP contribution >= 0.6 is 11.6 Å². The molecule has 4 nitrogen and oxygen atoms in total. The summed E-state index contributed by atoms with van der Waals surface area (Å²) in [7, 11) is 0. The van der Waals surface area contributed by atoms with Gasteiger partial charge >= 0.3 is 0 Å². The van der Waals surface area contributed by atoms with Gasteiger partial charge in [0.05, 0.1) is 6.54 Å². The van der Waals surface area contributed by atoms with E-state index in [1.54, 1.807) is 0 Å². The van der Waals surface area contributed by atoms with E-state index in [1.807, 2.05) is 30.0 Å². The summed E-state index contributed by atoms with van der Waals surface area (Å²) in [6.07, 6.45) is 0. The highest BCUT2D eigenvalue weighted by atomic mass is 35.5. The first-order valence-corrected chi connectivity index (χ1v) is 6.48.